The third kappa shape index (κ3) is 3.89. The van der Waals surface area contributed by atoms with Gasteiger partial charge in [0.15, 0.2) is 5.78 Å². The Hall–Kier alpha value is -1.72. The van der Waals surface area contributed by atoms with Crippen LogP contribution in [0.15, 0.2) is 29.6 Å². The van der Waals surface area contributed by atoms with Gasteiger partial charge in [0, 0.05) is 54.0 Å². The van der Waals surface area contributed by atoms with Crippen LogP contribution < -0.4 is 5.32 Å². The van der Waals surface area contributed by atoms with E-state index in [2.05, 4.69) is 5.32 Å². The second-order valence-corrected chi connectivity index (χ2v) is 5.90. The number of hydrogen-bond donors (Lipinski definition) is 1. The van der Waals surface area contributed by atoms with Crippen LogP contribution in [0.2, 0.25) is 0 Å². The molecular formula is C16H20N2O2S. The van der Waals surface area contributed by atoms with Crippen LogP contribution in [-0.4, -0.2) is 43.8 Å². The summed E-state index contributed by atoms with van der Waals surface area (Å²) >= 11 is 1.57. The molecule has 1 heterocycles. The van der Waals surface area contributed by atoms with Gasteiger partial charge in [0.25, 0.3) is 0 Å². The Balaban J connectivity index is 1.94. The Kier molecular flexibility index (Phi) is 5.47. The zero-order valence-electron chi connectivity index (χ0n) is 12.4. The molecule has 0 bridgehead atoms. The third-order valence-electron chi connectivity index (χ3n) is 3.47. The number of carbonyl (C=O) groups excluding carboxylic acids is 2. The number of Topliss-reactive ketones (excluding diaryl/α,β-unsaturated/α-hetero) is 1. The van der Waals surface area contributed by atoms with Crippen LogP contribution in [0.3, 0.4) is 0 Å². The molecule has 0 spiro atoms. The summed E-state index contributed by atoms with van der Waals surface area (Å²) in [5, 5.41) is 5.88. The fraction of sp³-hybridized carbons (Fsp3) is 0.375. The number of amides is 1. The molecule has 0 saturated carbocycles. The van der Waals surface area contributed by atoms with Crippen LogP contribution in [0.4, 0.5) is 0 Å². The van der Waals surface area contributed by atoms with Crippen molar-refractivity contribution in [2.75, 3.05) is 27.2 Å². The average molecular weight is 304 g/mol. The number of ketones is 1. The topological polar surface area (TPSA) is 49.4 Å². The van der Waals surface area contributed by atoms with Gasteiger partial charge >= 0.3 is 0 Å². The van der Waals surface area contributed by atoms with Crippen LogP contribution in [-0.2, 0) is 4.79 Å². The summed E-state index contributed by atoms with van der Waals surface area (Å²) in [5.74, 6) is 0.0564. The molecule has 0 unspecified atom stereocenters. The smallest absolute Gasteiger partial charge is 0.222 e. The summed E-state index contributed by atoms with van der Waals surface area (Å²) in [4.78, 5) is 25.9. The fourth-order valence-corrected chi connectivity index (χ4v) is 3.11. The predicted molar refractivity (Wildman–Crippen MR) is 87.0 cm³/mol. The van der Waals surface area contributed by atoms with Crippen LogP contribution in [0, 0.1) is 0 Å². The number of fused-ring (bicyclic) bond motifs is 1. The first-order valence-electron chi connectivity index (χ1n) is 7.01. The van der Waals surface area contributed by atoms with Crippen molar-refractivity contribution in [1.82, 2.24) is 10.2 Å². The Morgan fingerprint density at radius 3 is 2.76 bits per heavy atom. The van der Waals surface area contributed by atoms with Gasteiger partial charge in [-0.1, -0.05) is 18.2 Å². The van der Waals surface area contributed by atoms with Crippen molar-refractivity contribution in [3.8, 4) is 0 Å². The molecule has 1 aromatic heterocycles. The van der Waals surface area contributed by atoms with Gasteiger partial charge in [-0.15, -0.1) is 11.3 Å². The first-order valence-corrected chi connectivity index (χ1v) is 7.89. The lowest BCUT2D eigenvalue weighted by molar-refractivity contribution is -0.129. The Morgan fingerprint density at radius 1 is 1.24 bits per heavy atom. The van der Waals surface area contributed by atoms with Crippen molar-refractivity contribution < 1.29 is 9.59 Å². The summed E-state index contributed by atoms with van der Waals surface area (Å²) in [7, 11) is 3.62. The van der Waals surface area contributed by atoms with Gasteiger partial charge in [-0.2, -0.15) is 0 Å². The first-order chi connectivity index (χ1) is 10.1. The average Bonchev–Trinajstić information content (AvgIpc) is 2.93. The third-order valence-corrected chi connectivity index (χ3v) is 4.43. The number of nitrogens with one attached hydrogen (secondary N) is 1. The molecule has 0 aliphatic carbocycles. The second kappa shape index (κ2) is 7.33. The molecule has 1 N–H and O–H groups in total. The van der Waals surface area contributed by atoms with Crippen LogP contribution in [0.1, 0.15) is 23.2 Å². The number of likely N-dealkylation sites (N-methyl/N-ethyl adjacent to an activating group) is 2. The normalized spacial score (nSPS) is 10.8. The molecule has 21 heavy (non-hydrogen) atoms. The molecule has 0 atom stereocenters. The molecule has 1 amide bonds. The van der Waals surface area contributed by atoms with E-state index < -0.39 is 0 Å². The maximum absolute atomic E-state index is 12.3. The lowest BCUT2D eigenvalue weighted by Gasteiger charge is -2.16. The van der Waals surface area contributed by atoms with E-state index in [1.807, 2.05) is 36.7 Å². The minimum atomic E-state index is 0.0122. The Labute approximate surface area is 128 Å². The maximum Gasteiger partial charge on any atom is 0.222 e. The molecule has 112 valence electrons. The van der Waals surface area contributed by atoms with Crippen molar-refractivity contribution in [2.45, 2.75) is 12.8 Å². The molecule has 0 aliphatic heterocycles. The maximum atomic E-state index is 12.3. The molecule has 2 aromatic rings. The predicted octanol–water partition coefficient (Wildman–Crippen LogP) is 2.54. The van der Waals surface area contributed by atoms with Gasteiger partial charge < -0.3 is 10.2 Å². The minimum absolute atomic E-state index is 0.0122. The van der Waals surface area contributed by atoms with Gasteiger partial charge in [-0.3, -0.25) is 9.59 Å². The van der Waals surface area contributed by atoms with Crippen molar-refractivity contribution in [3.63, 3.8) is 0 Å². The highest BCUT2D eigenvalue weighted by atomic mass is 32.1. The number of nitrogens with zero attached hydrogens (tertiary/aromatic N) is 1. The first kappa shape index (κ1) is 15.7. The van der Waals surface area contributed by atoms with E-state index in [0.717, 1.165) is 22.2 Å². The van der Waals surface area contributed by atoms with E-state index in [0.29, 0.717) is 6.54 Å². The van der Waals surface area contributed by atoms with Crippen LogP contribution in [0.5, 0.6) is 0 Å². The van der Waals surface area contributed by atoms with Gasteiger partial charge in [0.05, 0.1) is 0 Å². The zero-order chi connectivity index (χ0) is 15.2. The van der Waals surface area contributed by atoms with E-state index in [1.54, 1.807) is 23.3 Å². The fourth-order valence-electron chi connectivity index (χ4n) is 2.14. The number of benzene rings is 1. The number of carbonyl (C=O) groups is 2. The molecule has 2 rings (SSSR count). The number of thiophene rings is 1. The highest BCUT2D eigenvalue weighted by Crippen LogP contribution is 2.26. The molecule has 5 heteroatoms. The van der Waals surface area contributed by atoms with E-state index >= 15 is 0 Å². The monoisotopic (exact) mass is 304 g/mol. The Morgan fingerprint density at radius 2 is 2.00 bits per heavy atom. The summed E-state index contributed by atoms with van der Waals surface area (Å²) < 4.78 is 1.11. The van der Waals surface area contributed by atoms with Crippen molar-refractivity contribution >= 4 is 33.1 Å². The molecule has 0 saturated heterocycles. The van der Waals surface area contributed by atoms with Gasteiger partial charge in [-0.05, 0) is 13.1 Å². The molecule has 0 fully saturated rings. The summed E-state index contributed by atoms with van der Waals surface area (Å²) in [6, 6.07) is 7.86. The highest BCUT2D eigenvalue weighted by molar-refractivity contribution is 7.17. The molecule has 1 aromatic carbocycles. The molecule has 4 nitrogen and oxygen atoms in total. The van der Waals surface area contributed by atoms with E-state index in [-0.39, 0.29) is 24.5 Å². The quantitative estimate of drug-likeness (QED) is 0.800. The van der Waals surface area contributed by atoms with Crippen LogP contribution >= 0.6 is 11.3 Å². The van der Waals surface area contributed by atoms with Gasteiger partial charge in [0.1, 0.15) is 0 Å². The standard InChI is InChI=1S/C16H20N2O2S/c1-17-9-10-18(2)16(20)8-7-14(19)13-11-21-15-6-4-3-5-12(13)15/h3-6,11,17H,7-10H2,1-2H3. The summed E-state index contributed by atoms with van der Waals surface area (Å²) in [6.45, 7) is 1.41. The van der Waals surface area contributed by atoms with Crippen molar-refractivity contribution in [2.24, 2.45) is 0 Å². The van der Waals surface area contributed by atoms with E-state index in [1.165, 1.54) is 0 Å². The number of rotatable bonds is 7. The molecule has 0 aliphatic rings. The summed E-state index contributed by atoms with van der Waals surface area (Å²) in [5.41, 5.74) is 0.737. The summed E-state index contributed by atoms with van der Waals surface area (Å²) in [6.07, 6.45) is 0.534. The van der Waals surface area contributed by atoms with Gasteiger partial charge in [-0.25, -0.2) is 0 Å². The van der Waals surface area contributed by atoms with Crippen molar-refractivity contribution in [1.29, 1.82) is 0 Å². The van der Waals surface area contributed by atoms with Crippen molar-refractivity contribution in [3.05, 3.63) is 35.2 Å². The molecular weight excluding hydrogens is 284 g/mol. The highest BCUT2D eigenvalue weighted by Gasteiger charge is 2.15. The van der Waals surface area contributed by atoms with Gasteiger partial charge in [0.2, 0.25) is 5.91 Å². The molecule has 0 radical (unpaired) electrons. The number of hydrogen-bond acceptors (Lipinski definition) is 4. The largest absolute Gasteiger partial charge is 0.344 e. The van der Waals surface area contributed by atoms with Crippen LogP contribution in [0.25, 0.3) is 10.1 Å². The second-order valence-electron chi connectivity index (χ2n) is 4.99. The Bertz CT molecular complexity index is 636. The van der Waals surface area contributed by atoms with E-state index in [9.17, 15) is 9.59 Å². The lowest BCUT2D eigenvalue weighted by Crippen LogP contribution is -2.32. The minimum Gasteiger partial charge on any atom is -0.344 e. The SMILES string of the molecule is CNCCN(C)C(=O)CCC(=O)c1csc2ccccc12. The lowest BCUT2D eigenvalue weighted by atomic mass is 10.1. The zero-order valence-corrected chi connectivity index (χ0v) is 13.2. The van der Waals surface area contributed by atoms with E-state index in [4.69, 9.17) is 0 Å².